The molecule has 0 fully saturated rings. The zero-order valence-electron chi connectivity index (χ0n) is 14.8. The van der Waals surface area contributed by atoms with E-state index in [-0.39, 0.29) is 17.1 Å². The minimum absolute atomic E-state index is 0.0163. The van der Waals surface area contributed by atoms with Gasteiger partial charge in [0, 0.05) is 53.4 Å². The second-order valence-electron chi connectivity index (χ2n) is 6.10. The molecule has 2 atom stereocenters. The van der Waals surface area contributed by atoms with Crippen LogP contribution in [-0.2, 0) is 25.6 Å². The van der Waals surface area contributed by atoms with E-state index in [1.165, 1.54) is 12.3 Å². The zero-order valence-corrected chi connectivity index (χ0v) is 16.4. The van der Waals surface area contributed by atoms with Crippen molar-refractivity contribution in [3.63, 3.8) is 0 Å². The van der Waals surface area contributed by atoms with Crippen molar-refractivity contribution in [2.75, 3.05) is 31.0 Å². The fourth-order valence-corrected chi connectivity index (χ4v) is 4.67. The average molecular weight is 399 g/mol. The van der Waals surface area contributed by atoms with E-state index in [9.17, 15) is 22.5 Å². The molecule has 0 aliphatic carbocycles. The van der Waals surface area contributed by atoms with Gasteiger partial charge in [0.25, 0.3) is 0 Å². The molecular formula is C17H22N2O5S2. The molecule has 0 saturated heterocycles. The molecule has 1 unspecified atom stereocenters. The minimum Gasteiger partial charge on any atom is -0.480 e. The van der Waals surface area contributed by atoms with E-state index in [0.29, 0.717) is 5.39 Å². The van der Waals surface area contributed by atoms with Gasteiger partial charge in [-0.1, -0.05) is 24.3 Å². The fourth-order valence-electron chi connectivity index (χ4n) is 2.66. The van der Waals surface area contributed by atoms with Crippen LogP contribution in [-0.4, -0.2) is 55.8 Å². The quantitative estimate of drug-likeness (QED) is 0.697. The molecule has 2 rings (SSSR count). The number of rotatable bonds is 8. The highest BCUT2D eigenvalue weighted by Gasteiger charge is 2.27. The lowest BCUT2D eigenvalue weighted by molar-refractivity contribution is -0.139. The normalized spacial score (nSPS) is 14.1. The van der Waals surface area contributed by atoms with Crippen molar-refractivity contribution in [1.82, 2.24) is 4.72 Å². The Morgan fingerprint density at radius 3 is 2.38 bits per heavy atom. The van der Waals surface area contributed by atoms with Crippen molar-refractivity contribution < 1.29 is 22.5 Å². The number of hydrogen-bond acceptors (Lipinski definition) is 5. The van der Waals surface area contributed by atoms with Crippen molar-refractivity contribution in [2.24, 2.45) is 0 Å². The largest absolute Gasteiger partial charge is 0.480 e. The number of anilines is 1. The van der Waals surface area contributed by atoms with Gasteiger partial charge in [0.1, 0.15) is 6.04 Å². The Labute approximate surface area is 155 Å². The summed E-state index contributed by atoms with van der Waals surface area (Å²) in [5.41, 5.74) is 0.857. The molecule has 0 aromatic heterocycles. The number of hydrogen-bond donors (Lipinski definition) is 2. The van der Waals surface area contributed by atoms with Crippen LogP contribution in [0, 0.1) is 0 Å². The molecular weight excluding hydrogens is 376 g/mol. The summed E-state index contributed by atoms with van der Waals surface area (Å²) in [6.07, 6.45) is 1.40. The molecule has 7 nitrogen and oxygen atoms in total. The summed E-state index contributed by atoms with van der Waals surface area (Å²) >= 11 is 0. The second-order valence-corrected chi connectivity index (χ2v) is 9.34. The van der Waals surface area contributed by atoms with Crippen LogP contribution in [0.5, 0.6) is 0 Å². The monoisotopic (exact) mass is 398 g/mol. The Kier molecular flexibility index (Phi) is 6.38. The SMILES string of the molecule is CN(C)c1cccc2c(S(=O)(=O)N[C@@H](CCS(C)=O)C(=O)O)cccc12. The molecule has 26 heavy (non-hydrogen) atoms. The van der Waals surface area contributed by atoms with Crippen LogP contribution in [0.3, 0.4) is 0 Å². The summed E-state index contributed by atoms with van der Waals surface area (Å²) in [7, 11) is -1.56. The van der Waals surface area contributed by atoms with E-state index in [2.05, 4.69) is 4.72 Å². The van der Waals surface area contributed by atoms with Crippen LogP contribution in [0.2, 0.25) is 0 Å². The lowest BCUT2D eigenvalue weighted by Crippen LogP contribution is -2.41. The van der Waals surface area contributed by atoms with Gasteiger partial charge in [-0.05, 0) is 18.6 Å². The molecule has 0 saturated carbocycles. The third-order valence-electron chi connectivity index (χ3n) is 3.92. The van der Waals surface area contributed by atoms with E-state index in [4.69, 9.17) is 0 Å². The molecule has 0 aliphatic heterocycles. The van der Waals surface area contributed by atoms with Crippen LogP contribution < -0.4 is 9.62 Å². The average Bonchev–Trinajstić information content (AvgIpc) is 2.56. The first-order valence-corrected chi connectivity index (χ1v) is 11.1. The zero-order chi connectivity index (χ0) is 19.5. The van der Waals surface area contributed by atoms with E-state index < -0.39 is 32.8 Å². The number of nitrogens with zero attached hydrogens (tertiary/aromatic N) is 1. The lowest BCUT2D eigenvalue weighted by Gasteiger charge is -2.18. The highest BCUT2D eigenvalue weighted by atomic mass is 32.2. The summed E-state index contributed by atoms with van der Waals surface area (Å²) < 4.78 is 39.1. The second kappa shape index (κ2) is 8.15. The van der Waals surface area contributed by atoms with Crippen molar-refractivity contribution in [3.05, 3.63) is 36.4 Å². The summed E-state index contributed by atoms with van der Waals surface area (Å²) in [5.74, 6) is -1.20. The lowest BCUT2D eigenvalue weighted by atomic mass is 10.1. The molecule has 0 bridgehead atoms. The van der Waals surface area contributed by atoms with Gasteiger partial charge < -0.3 is 10.0 Å². The van der Waals surface area contributed by atoms with Gasteiger partial charge in [0.05, 0.1) is 4.90 Å². The van der Waals surface area contributed by atoms with Gasteiger partial charge in [0.2, 0.25) is 10.0 Å². The first kappa shape index (κ1) is 20.3. The number of carbonyl (C=O) groups is 1. The maximum Gasteiger partial charge on any atom is 0.321 e. The van der Waals surface area contributed by atoms with Crippen LogP contribution >= 0.6 is 0 Å². The fraction of sp³-hybridized carbons (Fsp3) is 0.353. The number of nitrogens with one attached hydrogen (secondary N) is 1. The molecule has 2 N–H and O–H groups in total. The Morgan fingerprint density at radius 1 is 1.19 bits per heavy atom. The van der Waals surface area contributed by atoms with E-state index in [0.717, 1.165) is 11.1 Å². The van der Waals surface area contributed by atoms with E-state index >= 15 is 0 Å². The smallest absolute Gasteiger partial charge is 0.321 e. The minimum atomic E-state index is -4.07. The van der Waals surface area contributed by atoms with Gasteiger partial charge in [-0.25, -0.2) is 8.42 Å². The Balaban J connectivity index is 2.47. The first-order chi connectivity index (χ1) is 12.1. The van der Waals surface area contributed by atoms with Crippen molar-refractivity contribution in [3.8, 4) is 0 Å². The Hall–Kier alpha value is -1.97. The molecule has 0 heterocycles. The van der Waals surface area contributed by atoms with Crippen molar-refractivity contribution in [1.29, 1.82) is 0 Å². The van der Waals surface area contributed by atoms with E-state index in [1.54, 1.807) is 18.2 Å². The topological polar surface area (TPSA) is 104 Å². The number of sulfonamides is 1. The molecule has 2 aromatic rings. The molecule has 142 valence electrons. The van der Waals surface area contributed by atoms with Gasteiger partial charge in [-0.3, -0.25) is 9.00 Å². The van der Waals surface area contributed by atoms with Crippen LogP contribution in [0.25, 0.3) is 10.8 Å². The first-order valence-electron chi connectivity index (χ1n) is 7.87. The highest BCUT2D eigenvalue weighted by molar-refractivity contribution is 7.89. The summed E-state index contributed by atoms with van der Waals surface area (Å²) in [6, 6.07) is 8.87. The summed E-state index contributed by atoms with van der Waals surface area (Å²) in [4.78, 5) is 13.3. The number of aliphatic carboxylic acids is 1. The maximum atomic E-state index is 12.8. The predicted octanol–water partition coefficient (Wildman–Crippen LogP) is 1.41. The molecule has 0 spiro atoms. The van der Waals surface area contributed by atoms with Gasteiger partial charge in [-0.2, -0.15) is 4.72 Å². The molecule has 0 radical (unpaired) electrons. The van der Waals surface area contributed by atoms with Gasteiger partial charge in [-0.15, -0.1) is 0 Å². The third-order valence-corrected chi connectivity index (χ3v) is 6.26. The molecule has 0 amide bonds. The summed E-state index contributed by atoms with van der Waals surface area (Å²) in [6.45, 7) is 0. The summed E-state index contributed by atoms with van der Waals surface area (Å²) in [5, 5.41) is 10.6. The van der Waals surface area contributed by atoms with Crippen molar-refractivity contribution in [2.45, 2.75) is 17.4 Å². The maximum absolute atomic E-state index is 12.8. The number of carboxylic acid groups (broad SMARTS) is 1. The van der Waals surface area contributed by atoms with Crippen LogP contribution in [0.15, 0.2) is 41.3 Å². The van der Waals surface area contributed by atoms with Gasteiger partial charge in [0.15, 0.2) is 0 Å². The van der Waals surface area contributed by atoms with Crippen LogP contribution in [0.4, 0.5) is 5.69 Å². The highest BCUT2D eigenvalue weighted by Crippen LogP contribution is 2.30. The van der Waals surface area contributed by atoms with Gasteiger partial charge >= 0.3 is 5.97 Å². The predicted molar refractivity (Wildman–Crippen MR) is 104 cm³/mol. The van der Waals surface area contributed by atoms with Crippen LogP contribution in [0.1, 0.15) is 6.42 Å². The Bertz CT molecular complexity index is 941. The molecule has 0 aliphatic rings. The third kappa shape index (κ3) is 4.60. The Morgan fingerprint density at radius 2 is 1.81 bits per heavy atom. The number of fused-ring (bicyclic) bond motifs is 1. The van der Waals surface area contributed by atoms with E-state index in [1.807, 2.05) is 31.1 Å². The molecule has 9 heteroatoms. The number of benzene rings is 2. The van der Waals surface area contributed by atoms with Crippen molar-refractivity contribution >= 4 is 43.3 Å². The molecule has 2 aromatic carbocycles. The standard InChI is InChI=1S/C17H22N2O5S2/c1-19(2)15-8-4-7-13-12(15)6-5-9-16(13)26(23,24)18-14(17(20)21)10-11-25(3)22/h4-9,14,18H,10-11H2,1-3H3,(H,20,21)/t14-,25?/m0/s1. The number of carboxylic acids is 1.